The number of rotatable bonds is 4. The van der Waals surface area contributed by atoms with E-state index in [4.69, 9.17) is 41.2 Å². The molecule has 3 N–H and O–H groups in total. The van der Waals surface area contributed by atoms with Gasteiger partial charge in [-0.05, 0) is 18.6 Å². The number of halogens is 2. The zero-order chi connectivity index (χ0) is 13.0. The largest absolute Gasteiger partial charge is 0.393 e. The quantitative estimate of drug-likeness (QED) is 0.837. The number of benzene rings is 1. The Bertz CT molecular complexity index is 431. The summed E-state index contributed by atoms with van der Waals surface area (Å²) in [4.78, 5) is 12.1. The molecule has 0 aliphatic carbocycles. The summed E-state index contributed by atoms with van der Waals surface area (Å²) in [6.07, 6.45) is 0.531. The number of carbonyl (C=O) groups is 1. The highest BCUT2D eigenvalue weighted by molar-refractivity contribution is 7.80. The van der Waals surface area contributed by atoms with Crippen molar-refractivity contribution in [2.75, 3.05) is 5.32 Å². The van der Waals surface area contributed by atoms with Gasteiger partial charge in [0, 0.05) is 0 Å². The lowest BCUT2D eigenvalue weighted by molar-refractivity contribution is -0.118. The van der Waals surface area contributed by atoms with Crippen LogP contribution in [0, 0.1) is 5.92 Å². The molecule has 1 unspecified atom stereocenters. The maximum absolute atomic E-state index is 11.9. The molecule has 17 heavy (non-hydrogen) atoms. The summed E-state index contributed by atoms with van der Waals surface area (Å²) in [7, 11) is 0. The number of nitrogens with one attached hydrogen (secondary N) is 1. The van der Waals surface area contributed by atoms with Gasteiger partial charge in [-0.2, -0.15) is 0 Å². The smallest absolute Gasteiger partial charge is 0.234 e. The van der Waals surface area contributed by atoms with Crippen molar-refractivity contribution in [3.63, 3.8) is 0 Å². The van der Waals surface area contributed by atoms with E-state index in [1.54, 1.807) is 18.2 Å². The van der Waals surface area contributed by atoms with Crippen molar-refractivity contribution in [2.24, 2.45) is 11.7 Å². The van der Waals surface area contributed by atoms with E-state index in [0.717, 1.165) is 0 Å². The van der Waals surface area contributed by atoms with Crippen LogP contribution in [0.25, 0.3) is 0 Å². The molecule has 1 rings (SSSR count). The molecule has 1 aromatic carbocycles. The second-order valence-electron chi connectivity index (χ2n) is 3.45. The lowest BCUT2D eigenvalue weighted by Gasteiger charge is -2.15. The van der Waals surface area contributed by atoms with Gasteiger partial charge in [-0.1, -0.05) is 48.4 Å². The molecule has 0 saturated carbocycles. The molecule has 1 amide bonds. The Morgan fingerprint density at radius 3 is 2.41 bits per heavy atom. The second-order valence-corrected chi connectivity index (χ2v) is 4.73. The zero-order valence-corrected chi connectivity index (χ0v) is 11.5. The van der Waals surface area contributed by atoms with Crippen LogP contribution in [0.3, 0.4) is 0 Å². The lowest BCUT2D eigenvalue weighted by Crippen LogP contribution is -2.32. The SMILES string of the molecule is CCC(C(=O)Nc1c(Cl)cccc1Cl)C(N)=S. The van der Waals surface area contributed by atoms with Gasteiger partial charge in [0.15, 0.2) is 0 Å². The van der Waals surface area contributed by atoms with Gasteiger partial charge >= 0.3 is 0 Å². The Balaban J connectivity index is 2.91. The van der Waals surface area contributed by atoms with E-state index >= 15 is 0 Å². The van der Waals surface area contributed by atoms with Crippen LogP contribution in [-0.4, -0.2) is 10.9 Å². The molecule has 3 nitrogen and oxygen atoms in total. The lowest BCUT2D eigenvalue weighted by atomic mass is 10.1. The van der Waals surface area contributed by atoms with Gasteiger partial charge in [0.1, 0.15) is 0 Å². The van der Waals surface area contributed by atoms with Crippen LogP contribution in [0.2, 0.25) is 10.0 Å². The van der Waals surface area contributed by atoms with E-state index in [1.807, 2.05) is 6.92 Å². The first-order chi connectivity index (χ1) is 7.97. The molecule has 0 saturated heterocycles. The van der Waals surface area contributed by atoms with Crippen LogP contribution in [0.5, 0.6) is 0 Å². The van der Waals surface area contributed by atoms with Crippen molar-refractivity contribution >= 4 is 52.0 Å². The molecule has 0 fully saturated rings. The molecule has 6 heteroatoms. The Kier molecular flexibility index (Phi) is 5.18. The van der Waals surface area contributed by atoms with Gasteiger partial charge in [-0.3, -0.25) is 4.79 Å². The molecule has 92 valence electrons. The fourth-order valence-electron chi connectivity index (χ4n) is 1.34. The highest BCUT2D eigenvalue weighted by Gasteiger charge is 2.20. The number of thiocarbonyl (C=S) groups is 1. The maximum Gasteiger partial charge on any atom is 0.234 e. The van der Waals surface area contributed by atoms with E-state index in [1.165, 1.54) is 0 Å². The molecule has 0 radical (unpaired) electrons. The summed E-state index contributed by atoms with van der Waals surface area (Å²) < 4.78 is 0. The van der Waals surface area contributed by atoms with Gasteiger partial charge in [-0.15, -0.1) is 0 Å². The highest BCUT2D eigenvalue weighted by Crippen LogP contribution is 2.30. The summed E-state index contributed by atoms with van der Waals surface area (Å²) in [6.45, 7) is 1.83. The molecular formula is C11H12Cl2N2OS. The van der Waals surface area contributed by atoms with Crippen LogP contribution in [0.1, 0.15) is 13.3 Å². The minimum Gasteiger partial charge on any atom is -0.393 e. The average Bonchev–Trinajstić information content (AvgIpc) is 2.24. The highest BCUT2D eigenvalue weighted by atomic mass is 35.5. The van der Waals surface area contributed by atoms with E-state index < -0.39 is 5.92 Å². The fourth-order valence-corrected chi connectivity index (χ4v) is 2.11. The van der Waals surface area contributed by atoms with Gasteiger partial charge in [0.25, 0.3) is 0 Å². The van der Waals surface area contributed by atoms with Crippen LogP contribution < -0.4 is 11.1 Å². The van der Waals surface area contributed by atoms with Gasteiger partial charge in [-0.25, -0.2) is 0 Å². The predicted octanol–water partition coefficient (Wildman–Crippen LogP) is 3.24. The van der Waals surface area contributed by atoms with Crippen molar-refractivity contribution in [2.45, 2.75) is 13.3 Å². The molecule has 0 aromatic heterocycles. The summed E-state index contributed by atoms with van der Waals surface area (Å²) in [5.74, 6) is -0.813. The Morgan fingerprint density at radius 1 is 1.47 bits per heavy atom. The van der Waals surface area contributed by atoms with E-state index in [9.17, 15) is 4.79 Å². The summed E-state index contributed by atoms with van der Waals surface area (Å²) in [5.41, 5.74) is 5.87. The van der Waals surface area contributed by atoms with E-state index in [-0.39, 0.29) is 10.9 Å². The third-order valence-electron chi connectivity index (χ3n) is 2.28. The molecule has 1 aromatic rings. The van der Waals surface area contributed by atoms with Crippen molar-refractivity contribution in [3.05, 3.63) is 28.2 Å². The topological polar surface area (TPSA) is 55.1 Å². The van der Waals surface area contributed by atoms with Gasteiger partial charge < -0.3 is 11.1 Å². The monoisotopic (exact) mass is 290 g/mol. The third kappa shape index (κ3) is 3.56. The summed E-state index contributed by atoms with van der Waals surface area (Å²) in [6, 6.07) is 4.99. The number of amides is 1. The number of hydrogen-bond donors (Lipinski definition) is 2. The number of hydrogen-bond acceptors (Lipinski definition) is 2. The van der Waals surface area contributed by atoms with E-state index in [2.05, 4.69) is 5.32 Å². The molecule has 1 atom stereocenters. The van der Waals surface area contributed by atoms with Crippen molar-refractivity contribution in [1.82, 2.24) is 0 Å². The fraction of sp³-hybridized carbons (Fsp3) is 0.273. The normalized spacial score (nSPS) is 11.9. The number of para-hydroxylation sites is 1. The minimum absolute atomic E-state index is 0.160. The average molecular weight is 291 g/mol. The number of carbonyl (C=O) groups excluding carboxylic acids is 1. The van der Waals surface area contributed by atoms with Crippen LogP contribution >= 0.6 is 35.4 Å². The molecule has 0 heterocycles. The Morgan fingerprint density at radius 2 is 2.00 bits per heavy atom. The van der Waals surface area contributed by atoms with Crippen molar-refractivity contribution < 1.29 is 4.79 Å². The van der Waals surface area contributed by atoms with Crippen molar-refractivity contribution in [1.29, 1.82) is 0 Å². The Hall–Kier alpha value is -0.840. The van der Waals surface area contributed by atoms with Crippen LogP contribution in [0.15, 0.2) is 18.2 Å². The molecule has 0 aliphatic heterocycles. The Labute approximate surface area is 115 Å². The summed E-state index contributed by atoms with van der Waals surface area (Å²) in [5, 5.41) is 3.40. The van der Waals surface area contributed by atoms with Crippen LogP contribution in [-0.2, 0) is 4.79 Å². The first-order valence-electron chi connectivity index (χ1n) is 5.01. The van der Waals surface area contributed by atoms with E-state index in [0.29, 0.717) is 22.2 Å². The minimum atomic E-state index is -0.516. The maximum atomic E-state index is 11.9. The van der Waals surface area contributed by atoms with Crippen molar-refractivity contribution in [3.8, 4) is 0 Å². The predicted molar refractivity (Wildman–Crippen MR) is 75.7 cm³/mol. The number of nitrogens with two attached hydrogens (primary N) is 1. The summed E-state index contributed by atoms with van der Waals surface area (Å²) >= 11 is 16.7. The third-order valence-corrected chi connectivity index (χ3v) is 3.19. The first kappa shape index (κ1) is 14.2. The molecule has 0 bridgehead atoms. The number of anilines is 1. The van der Waals surface area contributed by atoms with Gasteiger partial charge in [0.05, 0.1) is 26.6 Å². The van der Waals surface area contributed by atoms with Crippen LogP contribution in [0.4, 0.5) is 5.69 Å². The van der Waals surface area contributed by atoms with Gasteiger partial charge in [0.2, 0.25) is 5.91 Å². The second kappa shape index (κ2) is 6.19. The molecule has 0 spiro atoms. The standard InChI is InChI=1S/C11H12Cl2N2OS/c1-2-6(10(14)17)11(16)15-9-7(12)4-3-5-8(9)13/h3-6H,2H2,1H3,(H2,14,17)(H,15,16). The molecule has 0 aliphatic rings. The zero-order valence-electron chi connectivity index (χ0n) is 9.17. The first-order valence-corrected chi connectivity index (χ1v) is 6.18. The molecular weight excluding hydrogens is 279 g/mol.